The maximum atomic E-state index is 11.4. The minimum Gasteiger partial charge on any atom is -0.462 e. The van der Waals surface area contributed by atoms with Gasteiger partial charge >= 0.3 is 5.97 Å². The van der Waals surface area contributed by atoms with Gasteiger partial charge in [-0.3, -0.25) is 23.9 Å². The Kier molecular flexibility index (Phi) is 12.4. The van der Waals surface area contributed by atoms with Gasteiger partial charge in [-0.05, 0) is 25.1 Å². The second-order valence-corrected chi connectivity index (χ2v) is 5.64. The van der Waals surface area contributed by atoms with Crippen LogP contribution in [0.1, 0.15) is 49.7 Å². The average molecular weight is 389 g/mol. The molecule has 10 heteroatoms. The fourth-order valence-electron chi connectivity index (χ4n) is 2.06. The van der Waals surface area contributed by atoms with E-state index in [1.54, 1.807) is 0 Å². The predicted molar refractivity (Wildman–Crippen MR) is 98.5 cm³/mol. The van der Waals surface area contributed by atoms with Crippen LogP contribution in [0.5, 0.6) is 0 Å². The quantitative estimate of drug-likeness (QED) is 0.384. The second-order valence-electron chi connectivity index (χ2n) is 5.25. The van der Waals surface area contributed by atoms with Crippen LogP contribution < -0.4 is 11.3 Å². The van der Waals surface area contributed by atoms with Crippen molar-refractivity contribution in [3.63, 3.8) is 0 Å². The summed E-state index contributed by atoms with van der Waals surface area (Å²) in [6, 6.07) is 0. The number of esters is 1. The largest absolute Gasteiger partial charge is 0.462 e. The van der Waals surface area contributed by atoms with E-state index in [-0.39, 0.29) is 29.6 Å². The molecule has 0 radical (unpaired) electrons. The Morgan fingerprint density at radius 1 is 1.50 bits per heavy atom. The van der Waals surface area contributed by atoms with E-state index in [1.165, 1.54) is 17.2 Å². The molecule has 2 atom stereocenters. The molecule has 148 valence electrons. The first-order chi connectivity index (χ1) is 12.5. The fraction of sp³-hybridized carbons (Fsp3) is 0.625. The highest BCUT2D eigenvalue weighted by atomic mass is 32.1. The highest BCUT2D eigenvalue weighted by molar-refractivity contribution is 7.71. The average Bonchev–Trinajstić information content (AvgIpc) is 3.11. The zero-order valence-electron chi connectivity index (χ0n) is 15.3. The number of aromatic amines is 1. The number of nitrogens with zero attached hydrogens (tertiary/aromatic N) is 1. The van der Waals surface area contributed by atoms with Gasteiger partial charge < -0.3 is 20.3 Å². The molecule has 1 aliphatic rings. The maximum absolute atomic E-state index is 11.4. The van der Waals surface area contributed by atoms with E-state index in [9.17, 15) is 14.4 Å². The van der Waals surface area contributed by atoms with Crippen molar-refractivity contribution in [2.45, 2.75) is 45.4 Å². The van der Waals surface area contributed by atoms with Gasteiger partial charge in [0, 0.05) is 13.3 Å². The van der Waals surface area contributed by atoms with Gasteiger partial charge in [-0.1, -0.05) is 20.3 Å². The molecule has 1 fully saturated rings. The lowest BCUT2D eigenvalue weighted by Crippen LogP contribution is -2.24. The lowest BCUT2D eigenvalue weighted by atomic mass is 10.2. The second kappa shape index (κ2) is 13.3. The highest BCUT2D eigenvalue weighted by Crippen LogP contribution is 2.28. The Morgan fingerprint density at radius 2 is 2.12 bits per heavy atom. The Labute approximate surface area is 157 Å². The van der Waals surface area contributed by atoms with Crippen molar-refractivity contribution in [2.24, 2.45) is 5.73 Å². The number of nitrogens with two attached hydrogens (primary N) is 1. The van der Waals surface area contributed by atoms with Gasteiger partial charge in [0.05, 0.1) is 18.2 Å². The summed E-state index contributed by atoms with van der Waals surface area (Å²) in [5, 5.41) is 7.00. The van der Waals surface area contributed by atoms with Gasteiger partial charge in [-0.25, -0.2) is 0 Å². The first-order valence-electron chi connectivity index (χ1n) is 8.23. The molecule has 1 saturated heterocycles. The molecule has 0 bridgehead atoms. The summed E-state index contributed by atoms with van der Waals surface area (Å²) < 4.78 is 12.3. The number of nitrogens with one attached hydrogen (secondary N) is 1. The van der Waals surface area contributed by atoms with Crippen LogP contribution in [0.15, 0.2) is 11.0 Å². The van der Waals surface area contributed by atoms with Crippen LogP contribution in [-0.4, -0.2) is 53.3 Å². The molecule has 0 saturated carbocycles. The van der Waals surface area contributed by atoms with Crippen LogP contribution in [-0.2, 0) is 14.3 Å². The zero-order valence-corrected chi connectivity index (χ0v) is 16.1. The van der Waals surface area contributed by atoms with Crippen LogP contribution in [0, 0.1) is 4.77 Å². The highest BCUT2D eigenvalue weighted by Gasteiger charge is 2.28. The van der Waals surface area contributed by atoms with Crippen LogP contribution in [0.2, 0.25) is 0 Å². The summed E-state index contributed by atoms with van der Waals surface area (Å²) in [5.41, 5.74) is 4.59. The van der Waals surface area contributed by atoms with E-state index in [4.69, 9.17) is 32.5 Å². The summed E-state index contributed by atoms with van der Waals surface area (Å²) in [6.07, 6.45) is 3.70. The van der Waals surface area contributed by atoms with Crippen LogP contribution >= 0.6 is 12.2 Å². The molecule has 4 N–H and O–H groups in total. The predicted octanol–water partition coefficient (Wildman–Crippen LogP) is 0.923. The standard InChI is InChI=1S/C12H15N3O5S.C3H8.CH4O/c13-3-10(17)19-6-8-1-2-9(20-8)15-4-7(5-16)11(18)14-12(15)21;1-3-2;1-2/h4-5,8-9H,1-3,6,13H2,(H,14,18,21);3H2,1-2H3;2H,1H3. The number of aliphatic hydroxyl groups is 1. The SMILES string of the molecule is CCC.CO.NCC(=O)OCC1CCC(n2cc(C=O)c(=O)[nH]c2=S)O1. The number of ether oxygens (including phenoxy) is 2. The molecule has 1 aromatic heterocycles. The van der Waals surface area contributed by atoms with E-state index in [2.05, 4.69) is 18.8 Å². The smallest absolute Gasteiger partial charge is 0.319 e. The summed E-state index contributed by atoms with van der Waals surface area (Å²) >= 11 is 5.06. The van der Waals surface area contributed by atoms with Gasteiger partial charge in [0.1, 0.15) is 12.8 Å². The van der Waals surface area contributed by atoms with Crippen molar-refractivity contribution >= 4 is 24.5 Å². The normalized spacial score (nSPS) is 18.0. The Hall–Kier alpha value is -1.88. The van der Waals surface area contributed by atoms with Crippen LogP contribution in [0.25, 0.3) is 0 Å². The molecule has 0 aliphatic carbocycles. The summed E-state index contributed by atoms with van der Waals surface area (Å²) in [4.78, 5) is 35.6. The number of aromatic nitrogens is 2. The first kappa shape index (κ1) is 24.1. The van der Waals surface area contributed by atoms with Gasteiger partial charge in [-0.2, -0.15) is 0 Å². The fourth-order valence-corrected chi connectivity index (χ4v) is 2.32. The topological polar surface area (TPSA) is 137 Å². The molecule has 0 aromatic carbocycles. The van der Waals surface area contributed by atoms with E-state index >= 15 is 0 Å². The summed E-state index contributed by atoms with van der Waals surface area (Å²) in [5.74, 6) is -0.494. The lowest BCUT2D eigenvalue weighted by molar-refractivity contribution is -0.146. The monoisotopic (exact) mass is 389 g/mol. The van der Waals surface area contributed by atoms with Crippen molar-refractivity contribution in [3.8, 4) is 0 Å². The Bertz CT molecular complexity index is 673. The number of aldehydes is 1. The van der Waals surface area contributed by atoms with Crippen molar-refractivity contribution in [2.75, 3.05) is 20.3 Å². The molecule has 0 amide bonds. The molecule has 2 unspecified atom stereocenters. The van der Waals surface area contributed by atoms with E-state index in [0.29, 0.717) is 19.1 Å². The molecule has 26 heavy (non-hydrogen) atoms. The molecule has 1 aliphatic heterocycles. The van der Waals surface area contributed by atoms with Gasteiger partial charge in [0.2, 0.25) is 0 Å². The number of H-pyrrole nitrogens is 1. The first-order valence-corrected chi connectivity index (χ1v) is 8.64. The number of aliphatic hydroxyl groups excluding tert-OH is 1. The van der Waals surface area contributed by atoms with Crippen molar-refractivity contribution < 1.29 is 24.2 Å². The van der Waals surface area contributed by atoms with Crippen molar-refractivity contribution in [1.82, 2.24) is 9.55 Å². The number of carbonyl (C=O) groups excluding carboxylic acids is 2. The van der Waals surface area contributed by atoms with Crippen molar-refractivity contribution in [3.05, 3.63) is 26.9 Å². The van der Waals surface area contributed by atoms with Crippen LogP contribution in [0.3, 0.4) is 0 Å². The lowest BCUT2D eigenvalue weighted by Gasteiger charge is -2.17. The molecule has 1 aromatic rings. The van der Waals surface area contributed by atoms with Crippen LogP contribution in [0.4, 0.5) is 0 Å². The minimum absolute atomic E-state index is 0.0230. The number of rotatable bonds is 5. The third-order valence-electron chi connectivity index (χ3n) is 3.11. The van der Waals surface area contributed by atoms with E-state index in [0.717, 1.165) is 7.11 Å². The maximum Gasteiger partial charge on any atom is 0.319 e. The number of hydrogen-bond acceptors (Lipinski definition) is 8. The Morgan fingerprint density at radius 3 is 2.65 bits per heavy atom. The van der Waals surface area contributed by atoms with E-state index in [1.807, 2.05) is 0 Å². The molecular formula is C16H27N3O6S. The van der Waals surface area contributed by atoms with E-state index < -0.39 is 17.8 Å². The molecular weight excluding hydrogens is 362 g/mol. The minimum atomic E-state index is -0.530. The summed E-state index contributed by atoms with van der Waals surface area (Å²) in [7, 11) is 1.00. The number of carbonyl (C=O) groups is 2. The third kappa shape index (κ3) is 7.56. The molecule has 9 nitrogen and oxygen atoms in total. The zero-order chi connectivity index (χ0) is 20.1. The Balaban J connectivity index is 0.00000113. The molecule has 2 heterocycles. The third-order valence-corrected chi connectivity index (χ3v) is 3.43. The molecule has 2 rings (SSSR count). The van der Waals surface area contributed by atoms with Gasteiger partial charge in [0.15, 0.2) is 11.1 Å². The molecule has 0 spiro atoms. The van der Waals surface area contributed by atoms with Crippen molar-refractivity contribution in [1.29, 1.82) is 0 Å². The summed E-state index contributed by atoms with van der Waals surface area (Å²) in [6.45, 7) is 4.19. The van der Waals surface area contributed by atoms with Gasteiger partial charge in [-0.15, -0.1) is 0 Å². The van der Waals surface area contributed by atoms with Gasteiger partial charge in [0.25, 0.3) is 5.56 Å². The number of hydrogen-bond donors (Lipinski definition) is 3.